The lowest BCUT2D eigenvalue weighted by atomic mass is 10.1. The number of hydrogen-bond acceptors (Lipinski definition) is 3. The summed E-state index contributed by atoms with van der Waals surface area (Å²) in [7, 11) is 0. The zero-order chi connectivity index (χ0) is 19.8. The van der Waals surface area contributed by atoms with Crippen molar-refractivity contribution < 1.29 is 14.3 Å². The average molecular weight is 380 g/mol. The van der Waals surface area contributed by atoms with Crippen molar-refractivity contribution in [2.75, 3.05) is 19.7 Å². The number of carbonyl (C=O) groups is 2. The van der Waals surface area contributed by atoms with Crippen LogP contribution in [0.5, 0.6) is 0 Å². The predicted octanol–water partition coefficient (Wildman–Crippen LogP) is 2.93. The summed E-state index contributed by atoms with van der Waals surface area (Å²) in [5, 5.41) is 3.00. The molecule has 2 amide bonds. The van der Waals surface area contributed by atoms with Gasteiger partial charge in [0.25, 0.3) is 0 Å². The second-order valence-electron chi connectivity index (χ2n) is 7.10. The lowest BCUT2D eigenvalue weighted by molar-refractivity contribution is -0.129. The van der Waals surface area contributed by atoms with Crippen molar-refractivity contribution in [1.82, 2.24) is 10.2 Å². The lowest BCUT2D eigenvalue weighted by Crippen LogP contribution is -2.33. The van der Waals surface area contributed by atoms with Crippen LogP contribution in [0.2, 0.25) is 0 Å². The number of likely N-dealkylation sites (tertiary alicyclic amines) is 1. The molecular weight excluding hydrogens is 352 g/mol. The Bertz CT molecular complexity index is 791. The van der Waals surface area contributed by atoms with Crippen molar-refractivity contribution in [3.63, 3.8) is 0 Å². The van der Waals surface area contributed by atoms with Crippen molar-refractivity contribution >= 4 is 11.8 Å². The van der Waals surface area contributed by atoms with Gasteiger partial charge in [0.2, 0.25) is 11.8 Å². The molecule has 0 aliphatic carbocycles. The minimum absolute atomic E-state index is 0.0539. The maximum Gasteiger partial charge on any atom is 0.225 e. The van der Waals surface area contributed by atoms with E-state index in [-0.39, 0.29) is 17.7 Å². The number of rotatable bonds is 9. The number of amides is 2. The van der Waals surface area contributed by atoms with E-state index in [9.17, 15) is 9.59 Å². The van der Waals surface area contributed by atoms with Crippen molar-refractivity contribution in [3.05, 3.63) is 71.3 Å². The first-order chi connectivity index (χ1) is 13.7. The smallest absolute Gasteiger partial charge is 0.225 e. The van der Waals surface area contributed by atoms with E-state index >= 15 is 0 Å². The van der Waals surface area contributed by atoms with Crippen molar-refractivity contribution in [2.45, 2.75) is 32.9 Å². The molecule has 2 aromatic rings. The molecule has 1 atom stereocenters. The third-order valence-electron chi connectivity index (χ3n) is 5.13. The monoisotopic (exact) mass is 380 g/mol. The first-order valence-electron chi connectivity index (χ1n) is 9.91. The van der Waals surface area contributed by atoms with E-state index in [0.717, 1.165) is 17.5 Å². The molecule has 1 N–H and O–H groups in total. The van der Waals surface area contributed by atoms with Crippen molar-refractivity contribution in [1.29, 1.82) is 0 Å². The van der Waals surface area contributed by atoms with Gasteiger partial charge in [0, 0.05) is 32.7 Å². The van der Waals surface area contributed by atoms with Gasteiger partial charge >= 0.3 is 0 Å². The number of carbonyl (C=O) groups excluding carboxylic acids is 2. The van der Waals surface area contributed by atoms with Crippen LogP contribution in [-0.4, -0.2) is 36.4 Å². The highest BCUT2D eigenvalue weighted by molar-refractivity contribution is 5.89. The minimum atomic E-state index is -0.276. The first kappa shape index (κ1) is 20.1. The maximum atomic E-state index is 12.6. The van der Waals surface area contributed by atoms with Crippen LogP contribution in [0, 0.1) is 5.92 Å². The Balaban J connectivity index is 1.49. The van der Waals surface area contributed by atoms with E-state index in [2.05, 4.69) is 17.4 Å². The molecule has 28 heavy (non-hydrogen) atoms. The van der Waals surface area contributed by atoms with Gasteiger partial charge in [-0.25, -0.2) is 0 Å². The predicted molar refractivity (Wildman–Crippen MR) is 108 cm³/mol. The summed E-state index contributed by atoms with van der Waals surface area (Å²) in [6.45, 7) is 4.77. The highest BCUT2D eigenvalue weighted by Gasteiger charge is 2.33. The Hall–Kier alpha value is -2.66. The van der Waals surface area contributed by atoms with Crippen molar-refractivity contribution in [2.24, 2.45) is 5.92 Å². The van der Waals surface area contributed by atoms with Gasteiger partial charge in [-0.1, -0.05) is 54.6 Å². The fraction of sp³-hybridized carbons (Fsp3) is 0.391. The molecule has 2 aromatic carbocycles. The van der Waals surface area contributed by atoms with Crippen LogP contribution in [0.4, 0.5) is 0 Å². The minimum Gasteiger partial charge on any atom is -0.377 e. The highest BCUT2D eigenvalue weighted by Crippen LogP contribution is 2.19. The van der Waals surface area contributed by atoms with E-state index in [1.54, 1.807) is 4.90 Å². The number of benzene rings is 2. The summed E-state index contributed by atoms with van der Waals surface area (Å²) in [6.07, 6.45) is 1.10. The van der Waals surface area contributed by atoms with Gasteiger partial charge in [0.05, 0.1) is 12.5 Å². The van der Waals surface area contributed by atoms with E-state index in [4.69, 9.17) is 4.74 Å². The number of nitrogens with one attached hydrogen (secondary N) is 1. The lowest BCUT2D eigenvalue weighted by Gasteiger charge is -2.17. The molecule has 3 rings (SSSR count). The number of ether oxygens (including phenoxy) is 1. The summed E-state index contributed by atoms with van der Waals surface area (Å²) >= 11 is 0. The Labute approximate surface area is 166 Å². The zero-order valence-electron chi connectivity index (χ0n) is 16.4. The largest absolute Gasteiger partial charge is 0.377 e. The Kier molecular flexibility index (Phi) is 7.20. The van der Waals surface area contributed by atoms with Crippen LogP contribution in [0.25, 0.3) is 0 Å². The molecule has 1 saturated heterocycles. The van der Waals surface area contributed by atoms with Crippen LogP contribution in [0.1, 0.15) is 30.0 Å². The summed E-state index contributed by atoms with van der Waals surface area (Å²) < 4.78 is 5.49. The first-order valence-corrected chi connectivity index (χ1v) is 9.91. The standard InChI is InChI=1S/C23H28N2O3/c1-2-28-17-20-11-7-6-10-19(20)15-24-23(27)21-14-22(26)25(16-21)13-12-18-8-4-3-5-9-18/h3-11,21H,2,12-17H2,1H3,(H,24,27). The normalized spacial score (nSPS) is 16.4. The molecular formula is C23H28N2O3. The fourth-order valence-corrected chi connectivity index (χ4v) is 3.48. The van der Waals surface area contributed by atoms with E-state index in [0.29, 0.717) is 39.3 Å². The molecule has 5 heteroatoms. The Morgan fingerprint density at radius 2 is 1.82 bits per heavy atom. The quantitative estimate of drug-likeness (QED) is 0.728. The van der Waals surface area contributed by atoms with Gasteiger partial charge < -0.3 is 15.0 Å². The summed E-state index contributed by atoms with van der Waals surface area (Å²) in [5.74, 6) is -0.267. The van der Waals surface area contributed by atoms with Gasteiger partial charge in [-0.15, -0.1) is 0 Å². The van der Waals surface area contributed by atoms with Gasteiger partial charge in [0.1, 0.15) is 0 Å². The van der Waals surface area contributed by atoms with E-state index in [1.165, 1.54) is 5.56 Å². The molecule has 5 nitrogen and oxygen atoms in total. The number of nitrogens with zero attached hydrogens (tertiary/aromatic N) is 1. The van der Waals surface area contributed by atoms with Crippen LogP contribution >= 0.6 is 0 Å². The summed E-state index contributed by atoms with van der Waals surface area (Å²) in [6, 6.07) is 18.1. The van der Waals surface area contributed by atoms with Crippen LogP contribution in [-0.2, 0) is 33.9 Å². The molecule has 0 bridgehead atoms. The molecule has 1 heterocycles. The van der Waals surface area contributed by atoms with E-state index in [1.807, 2.05) is 49.4 Å². The van der Waals surface area contributed by atoms with Gasteiger partial charge in [-0.3, -0.25) is 9.59 Å². The molecule has 1 aliphatic rings. The molecule has 1 fully saturated rings. The van der Waals surface area contributed by atoms with E-state index < -0.39 is 0 Å². The number of hydrogen-bond donors (Lipinski definition) is 1. The molecule has 1 unspecified atom stereocenters. The second kappa shape index (κ2) is 10.0. The Morgan fingerprint density at radius 1 is 1.11 bits per heavy atom. The summed E-state index contributed by atoms with van der Waals surface area (Å²) in [5.41, 5.74) is 3.33. The topological polar surface area (TPSA) is 58.6 Å². The van der Waals surface area contributed by atoms with Crippen LogP contribution < -0.4 is 5.32 Å². The van der Waals surface area contributed by atoms with Gasteiger partial charge in [-0.2, -0.15) is 0 Å². The molecule has 0 spiro atoms. The second-order valence-corrected chi connectivity index (χ2v) is 7.10. The van der Waals surface area contributed by atoms with Crippen LogP contribution in [0.15, 0.2) is 54.6 Å². The third-order valence-corrected chi connectivity index (χ3v) is 5.13. The fourth-order valence-electron chi connectivity index (χ4n) is 3.48. The molecule has 0 aromatic heterocycles. The highest BCUT2D eigenvalue weighted by atomic mass is 16.5. The SMILES string of the molecule is CCOCc1ccccc1CNC(=O)C1CC(=O)N(CCc2ccccc2)C1. The third kappa shape index (κ3) is 5.42. The van der Waals surface area contributed by atoms with Gasteiger partial charge in [-0.05, 0) is 30.0 Å². The Morgan fingerprint density at radius 3 is 2.57 bits per heavy atom. The van der Waals surface area contributed by atoms with Gasteiger partial charge in [0.15, 0.2) is 0 Å². The maximum absolute atomic E-state index is 12.6. The zero-order valence-corrected chi connectivity index (χ0v) is 16.4. The summed E-state index contributed by atoms with van der Waals surface area (Å²) in [4.78, 5) is 26.7. The molecule has 0 radical (unpaired) electrons. The van der Waals surface area contributed by atoms with Crippen molar-refractivity contribution in [3.8, 4) is 0 Å². The molecule has 1 aliphatic heterocycles. The molecule has 148 valence electrons. The van der Waals surface area contributed by atoms with Crippen LogP contribution in [0.3, 0.4) is 0 Å². The average Bonchev–Trinajstić information content (AvgIpc) is 3.11. The molecule has 0 saturated carbocycles.